The van der Waals surface area contributed by atoms with Gasteiger partial charge in [0.05, 0.1) is 30.7 Å². The molecule has 0 spiro atoms. The van der Waals surface area contributed by atoms with Gasteiger partial charge in [0, 0.05) is 42.7 Å². The van der Waals surface area contributed by atoms with E-state index in [2.05, 4.69) is 39.4 Å². The van der Waals surface area contributed by atoms with Crippen molar-refractivity contribution < 1.29 is 14.3 Å². The van der Waals surface area contributed by atoms with Gasteiger partial charge in [0.25, 0.3) is 0 Å². The molecule has 9 nitrogen and oxygen atoms in total. The number of thiophene rings is 1. The van der Waals surface area contributed by atoms with Crippen molar-refractivity contribution in [1.29, 1.82) is 0 Å². The molecule has 0 fully saturated rings. The molecule has 0 aliphatic rings. The zero-order chi connectivity index (χ0) is 24.2. The van der Waals surface area contributed by atoms with Crippen molar-refractivity contribution in [2.45, 2.75) is 20.1 Å². The van der Waals surface area contributed by atoms with Crippen molar-refractivity contribution in [2.24, 2.45) is 0 Å². The molecule has 3 aromatic heterocycles. The smallest absolute Gasteiger partial charge is 0.152 e. The van der Waals surface area contributed by atoms with Gasteiger partial charge in [-0.05, 0) is 37.1 Å². The number of fused-ring (bicyclic) bond motifs is 2. The molecule has 0 atom stereocenters. The highest BCUT2D eigenvalue weighted by Crippen LogP contribution is 2.44. The summed E-state index contributed by atoms with van der Waals surface area (Å²) in [7, 11) is 5.26. The first-order chi connectivity index (χ1) is 16.5. The second-order valence-electron chi connectivity index (χ2n) is 8.14. The fraction of sp³-hybridized carbons (Fsp3) is 0.375. The SMILES string of the molecule is CNCCN(CC=O)Cc1c(COC)c(-c2cc3cc(C)cc(OC)c3s2)c2c(N)ncnn12. The zero-order valence-corrected chi connectivity index (χ0v) is 20.7. The molecule has 1 aromatic carbocycles. The van der Waals surface area contributed by atoms with Crippen LogP contribution >= 0.6 is 11.3 Å². The van der Waals surface area contributed by atoms with E-state index in [4.69, 9.17) is 15.2 Å². The van der Waals surface area contributed by atoms with E-state index < -0.39 is 0 Å². The minimum atomic E-state index is 0.316. The molecule has 0 unspecified atom stereocenters. The molecule has 4 aromatic rings. The number of likely N-dealkylation sites (N-methyl/N-ethyl adjacent to an activating group) is 1. The van der Waals surface area contributed by atoms with Gasteiger partial charge in [-0.15, -0.1) is 11.3 Å². The number of aldehydes is 1. The lowest BCUT2D eigenvalue weighted by atomic mass is 10.1. The number of ether oxygens (including phenoxy) is 2. The van der Waals surface area contributed by atoms with E-state index in [1.165, 1.54) is 6.33 Å². The molecule has 0 amide bonds. The predicted octanol–water partition coefficient (Wildman–Crippen LogP) is 2.88. The summed E-state index contributed by atoms with van der Waals surface area (Å²) >= 11 is 1.65. The summed E-state index contributed by atoms with van der Waals surface area (Å²) in [6.45, 7) is 4.74. The van der Waals surface area contributed by atoms with Crippen molar-refractivity contribution in [3.63, 3.8) is 0 Å². The first-order valence-electron chi connectivity index (χ1n) is 11.0. The molecule has 0 saturated carbocycles. The summed E-state index contributed by atoms with van der Waals surface area (Å²) in [4.78, 5) is 18.8. The Labute approximate surface area is 202 Å². The van der Waals surface area contributed by atoms with E-state index in [1.807, 2.05) is 17.6 Å². The maximum Gasteiger partial charge on any atom is 0.152 e. The number of nitrogens with one attached hydrogen (secondary N) is 1. The summed E-state index contributed by atoms with van der Waals surface area (Å²) in [5.74, 6) is 1.24. The third-order valence-corrected chi connectivity index (χ3v) is 7.01. The Morgan fingerprint density at radius 3 is 2.82 bits per heavy atom. The second kappa shape index (κ2) is 10.5. The molecule has 0 aliphatic heterocycles. The topological polar surface area (TPSA) is 107 Å². The van der Waals surface area contributed by atoms with Gasteiger partial charge in [-0.1, -0.05) is 6.07 Å². The Morgan fingerprint density at radius 2 is 2.12 bits per heavy atom. The standard InChI is InChI=1S/C24H30N6O3S/c1-15-9-16-11-20(34-23(16)19(10-15)33-4)21-17(13-32-3)18(12-29(7-8-31)6-5-26-2)30-22(21)24(25)27-14-28-30/h8-11,14,26H,5-7,12-13H2,1-4H3,(H2,25,27,28). The van der Waals surface area contributed by atoms with Crippen LogP contribution in [0, 0.1) is 6.92 Å². The number of aryl methyl sites for hydroxylation is 1. The normalized spacial score (nSPS) is 11.7. The van der Waals surface area contributed by atoms with E-state index in [-0.39, 0.29) is 0 Å². The first kappa shape index (κ1) is 24.1. The lowest BCUT2D eigenvalue weighted by Crippen LogP contribution is -2.32. The van der Waals surface area contributed by atoms with Gasteiger partial charge < -0.3 is 25.3 Å². The number of benzene rings is 1. The number of nitrogens with zero attached hydrogens (tertiary/aromatic N) is 4. The van der Waals surface area contributed by atoms with Gasteiger partial charge >= 0.3 is 0 Å². The van der Waals surface area contributed by atoms with Crippen LogP contribution in [0.25, 0.3) is 26.0 Å². The number of hydrogen-bond donors (Lipinski definition) is 2. The first-order valence-corrected chi connectivity index (χ1v) is 11.8. The molecule has 0 aliphatic carbocycles. The molecule has 0 saturated heterocycles. The minimum Gasteiger partial charge on any atom is -0.495 e. The van der Waals surface area contributed by atoms with Crippen molar-refractivity contribution >= 4 is 39.0 Å². The Hall–Kier alpha value is -3.05. The molecule has 3 heterocycles. The highest BCUT2D eigenvalue weighted by Gasteiger charge is 2.25. The van der Waals surface area contributed by atoms with Crippen LogP contribution in [0.2, 0.25) is 0 Å². The number of rotatable bonds is 11. The molecule has 180 valence electrons. The van der Waals surface area contributed by atoms with Crippen molar-refractivity contribution in [3.05, 3.63) is 41.3 Å². The van der Waals surface area contributed by atoms with E-state index in [0.29, 0.717) is 32.1 Å². The second-order valence-corrected chi connectivity index (χ2v) is 9.19. The Bertz CT molecular complexity index is 1320. The molecular weight excluding hydrogens is 452 g/mol. The Balaban J connectivity index is 1.96. The van der Waals surface area contributed by atoms with Crippen molar-refractivity contribution in [1.82, 2.24) is 24.8 Å². The van der Waals surface area contributed by atoms with Crippen LogP contribution in [0.1, 0.15) is 16.8 Å². The molecule has 0 bridgehead atoms. The Kier molecular flexibility index (Phi) is 7.42. The van der Waals surface area contributed by atoms with Crippen LogP contribution in [0.5, 0.6) is 5.75 Å². The van der Waals surface area contributed by atoms with Gasteiger partial charge in [0.2, 0.25) is 0 Å². The lowest BCUT2D eigenvalue weighted by Gasteiger charge is -2.20. The quantitative estimate of drug-likeness (QED) is 0.314. The predicted molar refractivity (Wildman–Crippen MR) is 135 cm³/mol. The molecule has 10 heteroatoms. The summed E-state index contributed by atoms with van der Waals surface area (Å²) in [6, 6.07) is 6.35. The Morgan fingerprint density at radius 1 is 1.29 bits per heavy atom. The molecule has 3 N–H and O–H groups in total. The number of nitrogens with two attached hydrogens (primary N) is 1. The molecule has 34 heavy (non-hydrogen) atoms. The number of aromatic nitrogens is 3. The number of nitrogen functional groups attached to an aromatic ring is 1. The summed E-state index contributed by atoms with van der Waals surface area (Å²) in [5, 5.41) is 8.80. The van der Waals surface area contributed by atoms with Crippen molar-refractivity contribution in [3.8, 4) is 16.2 Å². The fourth-order valence-electron chi connectivity index (χ4n) is 4.31. The third-order valence-electron chi connectivity index (χ3n) is 5.83. The lowest BCUT2D eigenvalue weighted by molar-refractivity contribution is -0.109. The minimum absolute atomic E-state index is 0.316. The highest BCUT2D eigenvalue weighted by molar-refractivity contribution is 7.22. The van der Waals surface area contributed by atoms with Crippen LogP contribution in [0.15, 0.2) is 24.5 Å². The summed E-state index contributed by atoms with van der Waals surface area (Å²) in [5.41, 5.74) is 11.1. The largest absolute Gasteiger partial charge is 0.495 e. The molecule has 0 radical (unpaired) electrons. The van der Waals surface area contributed by atoms with Gasteiger partial charge in [-0.25, -0.2) is 9.50 Å². The fourth-order valence-corrected chi connectivity index (χ4v) is 5.52. The summed E-state index contributed by atoms with van der Waals surface area (Å²) < 4.78 is 14.2. The van der Waals surface area contributed by atoms with Crippen LogP contribution < -0.4 is 15.8 Å². The number of carbonyl (C=O) groups excluding carboxylic acids is 1. The van der Waals surface area contributed by atoms with Crippen LogP contribution in [-0.4, -0.2) is 66.7 Å². The number of carbonyl (C=O) groups is 1. The van der Waals surface area contributed by atoms with E-state index in [1.54, 1.807) is 25.6 Å². The average molecular weight is 483 g/mol. The van der Waals surface area contributed by atoms with E-state index >= 15 is 0 Å². The van der Waals surface area contributed by atoms with Gasteiger partial charge in [0.1, 0.15) is 23.9 Å². The van der Waals surface area contributed by atoms with Crippen molar-refractivity contribution in [2.75, 3.05) is 46.6 Å². The maximum atomic E-state index is 11.4. The van der Waals surface area contributed by atoms with Crippen LogP contribution in [-0.2, 0) is 22.7 Å². The number of methoxy groups -OCH3 is 2. The monoisotopic (exact) mass is 482 g/mol. The highest BCUT2D eigenvalue weighted by atomic mass is 32.1. The zero-order valence-electron chi connectivity index (χ0n) is 19.9. The van der Waals surface area contributed by atoms with E-state index in [9.17, 15) is 4.79 Å². The third kappa shape index (κ3) is 4.49. The average Bonchev–Trinajstić information content (AvgIpc) is 3.37. The molecular formula is C24H30N6O3S. The summed E-state index contributed by atoms with van der Waals surface area (Å²) in [6.07, 6.45) is 2.38. The molecule has 4 rings (SSSR count). The van der Waals surface area contributed by atoms with Gasteiger partial charge in [0.15, 0.2) is 5.82 Å². The van der Waals surface area contributed by atoms with Crippen LogP contribution in [0.4, 0.5) is 5.82 Å². The number of hydrogen-bond acceptors (Lipinski definition) is 9. The van der Waals surface area contributed by atoms with Gasteiger partial charge in [-0.2, -0.15) is 5.10 Å². The van der Waals surface area contributed by atoms with Crippen LogP contribution in [0.3, 0.4) is 0 Å². The number of anilines is 1. The van der Waals surface area contributed by atoms with Gasteiger partial charge in [-0.3, -0.25) is 4.90 Å². The maximum absolute atomic E-state index is 11.4. The van der Waals surface area contributed by atoms with E-state index in [0.717, 1.165) is 61.4 Å².